The highest BCUT2D eigenvalue weighted by Gasteiger charge is 2.20. The average Bonchev–Trinajstić information content (AvgIpc) is 2.45. The second kappa shape index (κ2) is 8.62. The van der Waals surface area contributed by atoms with Crippen LogP contribution in [0.2, 0.25) is 0 Å². The Morgan fingerprint density at radius 1 is 1.12 bits per heavy atom. The molecule has 0 radical (unpaired) electrons. The SMILES string of the molecule is CCCCCN(CC(=O)Nc1ccc(C(C)(C)C)cc1)S(C)(=O)=O. The van der Waals surface area contributed by atoms with Gasteiger partial charge in [0.05, 0.1) is 12.8 Å². The lowest BCUT2D eigenvalue weighted by Gasteiger charge is -2.20. The van der Waals surface area contributed by atoms with Crippen LogP contribution < -0.4 is 5.32 Å². The minimum atomic E-state index is -3.39. The molecule has 5 nitrogen and oxygen atoms in total. The first-order chi connectivity index (χ1) is 11.0. The highest BCUT2D eigenvalue weighted by Crippen LogP contribution is 2.23. The van der Waals surface area contributed by atoms with Crippen molar-refractivity contribution in [3.63, 3.8) is 0 Å². The molecule has 24 heavy (non-hydrogen) atoms. The van der Waals surface area contributed by atoms with Gasteiger partial charge in [-0.3, -0.25) is 4.79 Å². The fourth-order valence-corrected chi connectivity index (χ4v) is 3.13. The van der Waals surface area contributed by atoms with Crippen LogP contribution in [0.1, 0.15) is 52.5 Å². The van der Waals surface area contributed by atoms with Gasteiger partial charge in [0.1, 0.15) is 0 Å². The van der Waals surface area contributed by atoms with Crippen molar-refractivity contribution in [2.24, 2.45) is 0 Å². The van der Waals surface area contributed by atoms with E-state index in [1.807, 2.05) is 24.3 Å². The molecular weight excluding hydrogens is 324 g/mol. The van der Waals surface area contributed by atoms with Gasteiger partial charge in [0.2, 0.25) is 15.9 Å². The van der Waals surface area contributed by atoms with Crippen LogP contribution in [0, 0.1) is 0 Å². The first-order valence-electron chi connectivity index (χ1n) is 8.39. The Labute approximate surface area is 146 Å². The summed E-state index contributed by atoms with van der Waals surface area (Å²) in [5, 5.41) is 2.77. The molecule has 1 rings (SSSR count). The predicted molar refractivity (Wildman–Crippen MR) is 99.7 cm³/mol. The molecule has 0 saturated carbocycles. The number of carbonyl (C=O) groups excluding carboxylic acids is 1. The molecule has 0 spiro atoms. The van der Waals surface area contributed by atoms with Crippen molar-refractivity contribution < 1.29 is 13.2 Å². The molecule has 136 valence electrons. The number of benzene rings is 1. The quantitative estimate of drug-likeness (QED) is 0.728. The van der Waals surface area contributed by atoms with E-state index in [1.165, 1.54) is 9.87 Å². The largest absolute Gasteiger partial charge is 0.325 e. The minimum absolute atomic E-state index is 0.0505. The minimum Gasteiger partial charge on any atom is -0.325 e. The summed E-state index contributed by atoms with van der Waals surface area (Å²) in [6.45, 7) is 8.66. The normalized spacial score (nSPS) is 12.4. The molecule has 1 amide bonds. The van der Waals surface area contributed by atoms with Gasteiger partial charge in [-0.2, -0.15) is 4.31 Å². The lowest BCUT2D eigenvalue weighted by molar-refractivity contribution is -0.116. The molecule has 0 aliphatic carbocycles. The maximum absolute atomic E-state index is 12.2. The summed E-state index contributed by atoms with van der Waals surface area (Å²) in [6, 6.07) is 7.65. The van der Waals surface area contributed by atoms with Crippen LogP contribution in [0.4, 0.5) is 5.69 Å². The molecule has 0 saturated heterocycles. The molecular formula is C18H30N2O3S. The molecule has 0 aromatic heterocycles. The summed E-state index contributed by atoms with van der Waals surface area (Å²) in [5.74, 6) is -0.319. The standard InChI is InChI=1S/C18H30N2O3S/c1-6-7-8-13-20(24(5,22)23)14-17(21)19-16-11-9-15(10-12-16)18(2,3)4/h9-12H,6-8,13-14H2,1-5H3,(H,19,21). The van der Waals surface area contributed by atoms with Gasteiger partial charge in [-0.1, -0.05) is 52.7 Å². The third-order valence-corrected chi connectivity index (χ3v) is 5.08. The van der Waals surface area contributed by atoms with Gasteiger partial charge in [0, 0.05) is 12.2 Å². The highest BCUT2D eigenvalue weighted by molar-refractivity contribution is 7.88. The van der Waals surface area contributed by atoms with Crippen molar-refractivity contribution in [2.75, 3.05) is 24.7 Å². The van der Waals surface area contributed by atoms with E-state index in [-0.39, 0.29) is 17.9 Å². The summed E-state index contributed by atoms with van der Waals surface area (Å²) in [6.07, 6.45) is 3.85. The van der Waals surface area contributed by atoms with Crippen LogP contribution in [0.25, 0.3) is 0 Å². The fourth-order valence-electron chi connectivity index (χ4n) is 2.31. The van der Waals surface area contributed by atoms with Crippen LogP contribution in [-0.4, -0.2) is 38.0 Å². The van der Waals surface area contributed by atoms with E-state index in [4.69, 9.17) is 0 Å². The molecule has 0 fully saturated rings. The number of unbranched alkanes of at least 4 members (excludes halogenated alkanes) is 2. The van der Waals surface area contributed by atoms with Crippen molar-refractivity contribution in [1.29, 1.82) is 0 Å². The number of nitrogens with one attached hydrogen (secondary N) is 1. The summed E-state index contributed by atoms with van der Waals surface area (Å²) >= 11 is 0. The molecule has 6 heteroatoms. The fraction of sp³-hybridized carbons (Fsp3) is 0.611. The van der Waals surface area contributed by atoms with E-state index >= 15 is 0 Å². The zero-order valence-electron chi connectivity index (χ0n) is 15.4. The molecule has 1 aromatic carbocycles. The number of sulfonamides is 1. The first-order valence-corrected chi connectivity index (χ1v) is 10.2. The summed E-state index contributed by atoms with van der Waals surface area (Å²) in [5.41, 5.74) is 1.90. The van der Waals surface area contributed by atoms with E-state index in [9.17, 15) is 13.2 Å². The Kier molecular flexibility index (Phi) is 7.42. The van der Waals surface area contributed by atoms with Crippen LogP contribution in [-0.2, 0) is 20.2 Å². The highest BCUT2D eigenvalue weighted by atomic mass is 32.2. The monoisotopic (exact) mass is 354 g/mol. The van der Waals surface area contributed by atoms with E-state index in [2.05, 4.69) is 33.0 Å². The van der Waals surface area contributed by atoms with E-state index in [0.717, 1.165) is 25.5 Å². The van der Waals surface area contributed by atoms with Gasteiger partial charge in [0.25, 0.3) is 0 Å². The van der Waals surface area contributed by atoms with Crippen molar-refractivity contribution >= 4 is 21.6 Å². The van der Waals surface area contributed by atoms with Crippen LogP contribution >= 0.6 is 0 Å². The van der Waals surface area contributed by atoms with E-state index < -0.39 is 10.0 Å². The van der Waals surface area contributed by atoms with Crippen molar-refractivity contribution in [3.05, 3.63) is 29.8 Å². The Bertz CT molecular complexity index is 631. The van der Waals surface area contributed by atoms with E-state index in [0.29, 0.717) is 12.2 Å². The lowest BCUT2D eigenvalue weighted by Crippen LogP contribution is -2.38. The zero-order valence-corrected chi connectivity index (χ0v) is 16.2. The van der Waals surface area contributed by atoms with Crippen molar-refractivity contribution in [2.45, 2.75) is 52.4 Å². The van der Waals surface area contributed by atoms with Gasteiger partial charge >= 0.3 is 0 Å². The maximum Gasteiger partial charge on any atom is 0.239 e. The molecule has 0 aliphatic rings. The lowest BCUT2D eigenvalue weighted by atomic mass is 9.87. The zero-order chi connectivity index (χ0) is 18.4. The Morgan fingerprint density at radius 2 is 1.71 bits per heavy atom. The van der Waals surface area contributed by atoms with Crippen LogP contribution in [0.15, 0.2) is 24.3 Å². The van der Waals surface area contributed by atoms with Gasteiger partial charge in [-0.25, -0.2) is 8.42 Å². The average molecular weight is 355 g/mol. The van der Waals surface area contributed by atoms with Crippen molar-refractivity contribution in [3.8, 4) is 0 Å². The van der Waals surface area contributed by atoms with Crippen LogP contribution in [0.5, 0.6) is 0 Å². The number of rotatable bonds is 8. The molecule has 1 N–H and O–H groups in total. The Morgan fingerprint density at radius 3 is 2.17 bits per heavy atom. The van der Waals surface area contributed by atoms with Gasteiger partial charge in [0.15, 0.2) is 0 Å². The molecule has 0 unspecified atom stereocenters. The number of anilines is 1. The third-order valence-electron chi connectivity index (χ3n) is 3.83. The summed E-state index contributed by atoms with van der Waals surface area (Å²) in [4.78, 5) is 12.2. The van der Waals surface area contributed by atoms with Gasteiger partial charge in [-0.15, -0.1) is 0 Å². The molecule has 0 heterocycles. The topological polar surface area (TPSA) is 66.5 Å². The second-order valence-corrected chi connectivity index (χ2v) is 9.16. The molecule has 1 aromatic rings. The Hall–Kier alpha value is -1.40. The number of hydrogen-bond acceptors (Lipinski definition) is 3. The number of hydrogen-bond donors (Lipinski definition) is 1. The molecule has 0 bridgehead atoms. The van der Waals surface area contributed by atoms with E-state index in [1.54, 1.807) is 0 Å². The number of nitrogens with zero attached hydrogens (tertiary/aromatic N) is 1. The Balaban J connectivity index is 2.68. The predicted octanol–water partition coefficient (Wildman–Crippen LogP) is 3.37. The maximum atomic E-state index is 12.2. The van der Waals surface area contributed by atoms with Crippen LogP contribution in [0.3, 0.4) is 0 Å². The molecule has 0 atom stereocenters. The molecule has 0 aliphatic heterocycles. The summed E-state index contributed by atoms with van der Waals surface area (Å²) in [7, 11) is -3.39. The second-order valence-electron chi connectivity index (χ2n) is 7.18. The van der Waals surface area contributed by atoms with Gasteiger partial charge in [-0.05, 0) is 29.5 Å². The van der Waals surface area contributed by atoms with Crippen molar-refractivity contribution in [1.82, 2.24) is 4.31 Å². The third kappa shape index (κ3) is 7.01. The number of carbonyl (C=O) groups is 1. The first kappa shape index (κ1) is 20.6. The van der Waals surface area contributed by atoms with Gasteiger partial charge < -0.3 is 5.32 Å². The number of amides is 1. The summed E-state index contributed by atoms with van der Waals surface area (Å²) < 4.78 is 24.9. The smallest absolute Gasteiger partial charge is 0.239 e.